The van der Waals surface area contributed by atoms with Gasteiger partial charge in [-0.25, -0.2) is 4.99 Å². The summed E-state index contributed by atoms with van der Waals surface area (Å²) in [4.78, 5) is 11.4. The van der Waals surface area contributed by atoms with Crippen molar-refractivity contribution in [1.29, 1.82) is 0 Å². The summed E-state index contributed by atoms with van der Waals surface area (Å²) in [6.45, 7) is 8.87. The zero-order chi connectivity index (χ0) is 12.0. The van der Waals surface area contributed by atoms with Gasteiger partial charge in [0, 0.05) is 19.6 Å². The number of nitrogens with zero attached hydrogens (tertiary/aromatic N) is 3. The smallest absolute Gasteiger partial charge is 0.330 e. The molecule has 84 valence electrons. The number of halogens is 1. The first-order chi connectivity index (χ1) is 7.33. The van der Waals surface area contributed by atoms with Gasteiger partial charge in [0.15, 0.2) is 5.70 Å². The Morgan fingerprint density at radius 2 is 2.31 bits per heavy atom. The molecule has 2 heterocycles. The van der Waals surface area contributed by atoms with E-state index in [1.54, 1.807) is 13.1 Å². The molecule has 2 unspecified atom stereocenters. The van der Waals surface area contributed by atoms with Crippen LogP contribution >= 0.6 is 11.6 Å². The normalized spacial score (nSPS) is 37.3. The number of alkyl halides is 1. The number of aliphatic imine (C=N–C) groups is 2. The first kappa shape index (κ1) is 11.1. The second-order valence-corrected chi connectivity index (χ2v) is 5.24. The number of allylic oxidation sites excluding steroid dienone is 1. The first-order valence-electron chi connectivity index (χ1n) is 4.88. The van der Waals surface area contributed by atoms with E-state index in [-0.39, 0.29) is 0 Å². The fourth-order valence-electron chi connectivity index (χ4n) is 1.74. The molecule has 5 nitrogen and oxygen atoms in total. The van der Waals surface area contributed by atoms with Gasteiger partial charge >= 0.3 is 5.84 Å². The highest BCUT2D eigenvalue weighted by molar-refractivity contribution is 6.32. The summed E-state index contributed by atoms with van der Waals surface area (Å²) in [5, 5.41) is 3.07. The zero-order valence-corrected chi connectivity index (χ0v) is 9.91. The maximum Gasteiger partial charge on any atom is 0.451 e. The van der Waals surface area contributed by atoms with E-state index >= 15 is 0 Å². The Bertz CT molecular complexity index is 460. The lowest BCUT2D eigenvalue weighted by molar-refractivity contribution is 0.405. The molecular weight excluding hydrogens is 226 g/mol. The number of hydrogen-bond acceptors (Lipinski definition) is 4. The number of rotatable bonds is 0. The lowest BCUT2D eigenvalue weighted by Gasteiger charge is -2.29. The Balaban J connectivity index is 2.45. The minimum absolute atomic E-state index is 0.349. The molecule has 2 atom stereocenters. The lowest BCUT2D eigenvalue weighted by Crippen LogP contribution is -2.53. The highest BCUT2D eigenvalue weighted by atomic mass is 35.5. The van der Waals surface area contributed by atoms with Gasteiger partial charge in [-0.05, 0) is 11.9 Å². The SMILES string of the molecule is C#[N+]C1=NC(C)(N)NC2=C1N=CC(C)(Cl)C2. The van der Waals surface area contributed by atoms with Gasteiger partial charge in [0.2, 0.25) is 0 Å². The molecule has 6 heteroatoms. The predicted octanol–water partition coefficient (Wildman–Crippen LogP) is 1.27. The molecule has 16 heavy (non-hydrogen) atoms. The second kappa shape index (κ2) is 3.30. The molecule has 0 saturated heterocycles. The number of nitrogens with two attached hydrogens (primary N) is 1. The summed E-state index contributed by atoms with van der Waals surface area (Å²) < 4.78 is 0. The zero-order valence-electron chi connectivity index (χ0n) is 9.16. The van der Waals surface area contributed by atoms with E-state index in [0.29, 0.717) is 18.0 Å². The van der Waals surface area contributed by atoms with E-state index in [1.165, 1.54) is 0 Å². The van der Waals surface area contributed by atoms with Crippen molar-refractivity contribution in [2.24, 2.45) is 15.7 Å². The molecule has 0 aliphatic carbocycles. The van der Waals surface area contributed by atoms with Crippen LogP contribution in [0.5, 0.6) is 0 Å². The quantitative estimate of drug-likeness (QED) is 0.624. The molecule has 0 spiro atoms. The third kappa shape index (κ3) is 1.94. The Morgan fingerprint density at radius 3 is 2.94 bits per heavy atom. The van der Waals surface area contributed by atoms with Crippen molar-refractivity contribution in [3.8, 4) is 6.57 Å². The van der Waals surface area contributed by atoms with Crippen molar-refractivity contribution >= 4 is 23.7 Å². The van der Waals surface area contributed by atoms with Gasteiger partial charge in [-0.1, -0.05) is 0 Å². The Kier molecular flexibility index (Phi) is 2.30. The van der Waals surface area contributed by atoms with Crippen LogP contribution in [-0.4, -0.2) is 22.7 Å². The maximum atomic E-state index is 6.21. The summed E-state index contributed by atoms with van der Waals surface area (Å²) >= 11 is 6.21. The van der Waals surface area contributed by atoms with Crippen molar-refractivity contribution in [3.05, 3.63) is 16.2 Å². The standard InChI is InChI=1S/C10H13ClN5/c1-9(11)4-6-7(14-5-9)8(13-3)16-10(2,12)15-6/h3,5,15H,4,12H2,1-2H3/q+1. The van der Waals surface area contributed by atoms with Crippen LogP contribution in [-0.2, 0) is 0 Å². The van der Waals surface area contributed by atoms with Gasteiger partial charge < -0.3 is 5.32 Å². The fraction of sp³-hybridized carbons (Fsp3) is 0.500. The predicted molar refractivity (Wildman–Crippen MR) is 65.9 cm³/mol. The van der Waals surface area contributed by atoms with Crippen molar-refractivity contribution < 1.29 is 0 Å². The summed E-state index contributed by atoms with van der Waals surface area (Å²) in [6.07, 6.45) is 2.25. The van der Waals surface area contributed by atoms with Crippen LogP contribution in [0.3, 0.4) is 0 Å². The van der Waals surface area contributed by atoms with Gasteiger partial charge in [0.25, 0.3) is 5.79 Å². The van der Waals surface area contributed by atoms with E-state index < -0.39 is 10.7 Å². The molecular formula is C10H13ClN5+. The molecule has 0 aromatic carbocycles. The van der Waals surface area contributed by atoms with Gasteiger partial charge in [-0.3, -0.25) is 5.73 Å². The third-order valence-electron chi connectivity index (χ3n) is 2.35. The second-order valence-electron chi connectivity index (χ2n) is 4.38. The van der Waals surface area contributed by atoms with Gasteiger partial charge in [0.1, 0.15) is 6.57 Å². The van der Waals surface area contributed by atoms with Gasteiger partial charge in [0.05, 0.1) is 10.6 Å². The highest BCUT2D eigenvalue weighted by Crippen LogP contribution is 2.31. The number of amidine groups is 1. The average Bonchev–Trinajstić information content (AvgIpc) is 2.12. The van der Waals surface area contributed by atoms with Crippen LogP contribution in [0, 0.1) is 6.57 Å². The summed E-state index contributed by atoms with van der Waals surface area (Å²) in [5.74, 6) is -0.571. The molecule has 0 amide bonds. The van der Waals surface area contributed by atoms with E-state index in [2.05, 4.69) is 20.1 Å². The maximum absolute atomic E-state index is 6.21. The fourth-order valence-corrected chi connectivity index (χ4v) is 1.93. The Morgan fingerprint density at radius 1 is 1.62 bits per heavy atom. The lowest BCUT2D eigenvalue weighted by atomic mass is 10.00. The van der Waals surface area contributed by atoms with E-state index in [9.17, 15) is 0 Å². The summed E-state index contributed by atoms with van der Waals surface area (Å²) in [7, 11) is 0. The van der Waals surface area contributed by atoms with E-state index in [1.807, 2.05) is 6.92 Å². The molecule has 2 rings (SSSR count). The highest BCUT2D eigenvalue weighted by Gasteiger charge is 2.41. The van der Waals surface area contributed by atoms with E-state index in [4.69, 9.17) is 23.9 Å². The average molecular weight is 239 g/mol. The molecule has 0 fully saturated rings. The minimum Gasteiger partial charge on any atom is -0.330 e. The number of hydrogen-bond donors (Lipinski definition) is 2. The molecule has 0 radical (unpaired) electrons. The molecule has 0 aromatic heterocycles. The number of nitrogens with one attached hydrogen (secondary N) is 1. The van der Waals surface area contributed by atoms with Crippen LogP contribution in [0.2, 0.25) is 0 Å². The monoisotopic (exact) mass is 238 g/mol. The van der Waals surface area contributed by atoms with Crippen molar-refractivity contribution in [2.75, 3.05) is 0 Å². The Labute approximate surface area is 98.9 Å². The van der Waals surface area contributed by atoms with Gasteiger partial charge in [-0.2, -0.15) is 4.85 Å². The van der Waals surface area contributed by atoms with Crippen LogP contribution in [0.25, 0.3) is 4.85 Å². The van der Waals surface area contributed by atoms with E-state index in [0.717, 1.165) is 5.70 Å². The molecule has 0 saturated carbocycles. The largest absolute Gasteiger partial charge is 0.451 e. The molecule has 3 N–H and O–H groups in total. The van der Waals surface area contributed by atoms with Crippen LogP contribution < -0.4 is 11.1 Å². The minimum atomic E-state index is -0.920. The molecule has 2 aliphatic rings. The molecule has 0 aromatic rings. The van der Waals surface area contributed by atoms with Crippen molar-refractivity contribution in [2.45, 2.75) is 30.9 Å². The third-order valence-corrected chi connectivity index (χ3v) is 2.58. The van der Waals surface area contributed by atoms with Crippen molar-refractivity contribution in [3.63, 3.8) is 0 Å². The van der Waals surface area contributed by atoms with Crippen LogP contribution in [0.1, 0.15) is 20.3 Å². The van der Waals surface area contributed by atoms with Crippen LogP contribution in [0.15, 0.2) is 21.4 Å². The Hall–Kier alpha value is -1.38. The summed E-state index contributed by atoms with van der Waals surface area (Å²) in [6, 6.07) is 0. The van der Waals surface area contributed by atoms with Gasteiger partial charge in [-0.15, -0.1) is 11.6 Å². The van der Waals surface area contributed by atoms with Crippen LogP contribution in [0.4, 0.5) is 0 Å². The molecule has 0 bridgehead atoms. The first-order valence-corrected chi connectivity index (χ1v) is 5.26. The summed E-state index contributed by atoms with van der Waals surface area (Å²) in [5.41, 5.74) is 7.33. The van der Waals surface area contributed by atoms with Crippen molar-refractivity contribution in [1.82, 2.24) is 5.32 Å². The topological polar surface area (TPSA) is 67.1 Å². The molecule has 2 aliphatic heterocycles.